The predicted octanol–water partition coefficient (Wildman–Crippen LogP) is 1.84. The summed E-state index contributed by atoms with van der Waals surface area (Å²) >= 11 is 0. The third kappa shape index (κ3) is 3.28. The number of hydrogen-bond donors (Lipinski definition) is 0. The summed E-state index contributed by atoms with van der Waals surface area (Å²) < 4.78 is 11.3. The van der Waals surface area contributed by atoms with E-state index in [1.165, 1.54) is 24.1 Å². The fourth-order valence-corrected chi connectivity index (χ4v) is 4.73. The maximum absolute atomic E-state index is 13.0. The predicted molar refractivity (Wildman–Crippen MR) is 115 cm³/mol. The number of nitro benzene ring substituents is 1. The lowest BCUT2D eigenvalue weighted by molar-refractivity contribution is -0.385. The number of hydrogen-bond acceptors (Lipinski definition) is 8. The molecule has 0 aromatic heterocycles. The van der Waals surface area contributed by atoms with E-state index >= 15 is 0 Å². The van der Waals surface area contributed by atoms with Crippen LogP contribution in [0.25, 0.3) is 0 Å². The van der Waals surface area contributed by atoms with Gasteiger partial charge in [0.05, 0.1) is 36.1 Å². The number of nitro groups is 1. The zero-order chi connectivity index (χ0) is 24.2. The molecule has 0 bridgehead atoms. The van der Waals surface area contributed by atoms with Gasteiger partial charge < -0.3 is 14.4 Å². The maximum atomic E-state index is 13.0. The average molecular weight is 465 g/mol. The summed E-state index contributed by atoms with van der Waals surface area (Å²) in [6.45, 7) is -0.158. The Morgan fingerprint density at radius 1 is 1.18 bits per heavy atom. The highest BCUT2D eigenvalue weighted by atomic mass is 16.6. The molecule has 11 nitrogen and oxygen atoms in total. The minimum Gasteiger partial charge on any atom is -0.497 e. The number of ether oxygens (including phenoxy) is 2. The molecule has 3 heterocycles. The Bertz CT molecular complexity index is 1290. The zero-order valence-electron chi connectivity index (χ0n) is 18.1. The molecule has 3 amide bonds. The van der Waals surface area contributed by atoms with Gasteiger partial charge in [-0.25, -0.2) is 0 Å². The Balaban J connectivity index is 1.31. The molecule has 174 valence electrons. The summed E-state index contributed by atoms with van der Waals surface area (Å²) in [4.78, 5) is 63.9. The highest BCUT2D eigenvalue weighted by Gasteiger charge is 2.48. The second-order valence-corrected chi connectivity index (χ2v) is 8.47. The SMILES string of the molecule is COc1ccc2c(c1)C(=O)CC1(CCN(C(=O)CN3C(=O)c4cccc([N+](=O)[O-])c4C3=O)C1)O2. The van der Waals surface area contributed by atoms with E-state index in [1.54, 1.807) is 18.2 Å². The zero-order valence-corrected chi connectivity index (χ0v) is 18.1. The number of amides is 3. The van der Waals surface area contributed by atoms with Crippen LogP contribution in [0.4, 0.5) is 5.69 Å². The van der Waals surface area contributed by atoms with Gasteiger partial charge in [-0.05, 0) is 24.3 Å². The van der Waals surface area contributed by atoms with E-state index in [0.29, 0.717) is 23.5 Å². The lowest BCUT2D eigenvalue weighted by Crippen LogP contribution is -2.47. The molecule has 3 aliphatic rings. The first-order valence-corrected chi connectivity index (χ1v) is 10.5. The molecule has 2 aromatic rings. The normalized spacial score (nSPS) is 20.9. The number of nitrogens with zero attached hydrogens (tertiary/aromatic N) is 3. The van der Waals surface area contributed by atoms with Crippen LogP contribution in [0.5, 0.6) is 11.5 Å². The van der Waals surface area contributed by atoms with Gasteiger partial charge in [-0.15, -0.1) is 0 Å². The van der Waals surface area contributed by atoms with Crippen molar-refractivity contribution < 1.29 is 33.6 Å². The number of methoxy groups -OCH3 is 1. The number of ketones is 1. The van der Waals surface area contributed by atoms with E-state index in [1.807, 2.05) is 0 Å². The Hall–Kier alpha value is -4.28. The number of rotatable bonds is 4. The number of imide groups is 1. The van der Waals surface area contributed by atoms with Crippen LogP contribution in [0, 0.1) is 10.1 Å². The third-order valence-corrected chi connectivity index (χ3v) is 6.43. The summed E-state index contributed by atoms with van der Waals surface area (Å²) in [5.41, 5.74) is -1.36. The second-order valence-electron chi connectivity index (χ2n) is 8.47. The van der Waals surface area contributed by atoms with E-state index in [0.717, 1.165) is 11.0 Å². The highest BCUT2D eigenvalue weighted by molar-refractivity contribution is 6.24. The Labute approximate surface area is 193 Å². The molecule has 1 atom stereocenters. The van der Waals surface area contributed by atoms with Crippen LogP contribution in [0.3, 0.4) is 0 Å². The minimum absolute atomic E-state index is 0.0795. The van der Waals surface area contributed by atoms with Crippen LogP contribution in [0.15, 0.2) is 36.4 Å². The minimum atomic E-state index is -0.894. The highest BCUT2D eigenvalue weighted by Crippen LogP contribution is 2.40. The van der Waals surface area contributed by atoms with Crippen LogP contribution in [0.2, 0.25) is 0 Å². The molecule has 1 spiro atoms. The lowest BCUT2D eigenvalue weighted by Gasteiger charge is -2.34. The van der Waals surface area contributed by atoms with Gasteiger partial charge in [-0.1, -0.05) is 6.07 Å². The molecule has 1 fully saturated rings. The Kier molecular flexibility index (Phi) is 4.85. The number of carbonyl (C=O) groups excluding carboxylic acids is 4. The van der Waals surface area contributed by atoms with E-state index in [2.05, 4.69) is 0 Å². The average Bonchev–Trinajstić information content (AvgIpc) is 3.33. The van der Waals surface area contributed by atoms with Crippen molar-refractivity contribution in [3.8, 4) is 11.5 Å². The number of carbonyl (C=O) groups is 4. The van der Waals surface area contributed by atoms with Crippen molar-refractivity contribution in [3.05, 3.63) is 63.2 Å². The molecule has 0 saturated carbocycles. The second kappa shape index (κ2) is 7.65. The molecule has 2 aromatic carbocycles. The van der Waals surface area contributed by atoms with E-state index in [9.17, 15) is 29.3 Å². The molecule has 0 aliphatic carbocycles. The molecule has 5 rings (SSSR count). The van der Waals surface area contributed by atoms with Crippen molar-refractivity contribution >= 4 is 29.2 Å². The van der Waals surface area contributed by atoms with Crippen LogP contribution < -0.4 is 9.47 Å². The van der Waals surface area contributed by atoms with Crippen LogP contribution in [-0.2, 0) is 4.79 Å². The van der Waals surface area contributed by atoms with Crippen molar-refractivity contribution in [3.63, 3.8) is 0 Å². The van der Waals surface area contributed by atoms with E-state index in [-0.39, 0.29) is 36.4 Å². The first-order chi connectivity index (χ1) is 16.2. The van der Waals surface area contributed by atoms with Gasteiger partial charge in [0.25, 0.3) is 17.5 Å². The Morgan fingerprint density at radius 2 is 1.97 bits per heavy atom. The molecule has 1 unspecified atom stereocenters. The molecule has 0 N–H and O–H groups in total. The first-order valence-electron chi connectivity index (χ1n) is 10.5. The maximum Gasteiger partial charge on any atom is 0.282 e. The molecular formula is C23H19N3O8. The monoisotopic (exact) mass is 465 g/mol. The standard InChI is InChI=1S/C23H19N3O8/c1-33-13-5-6-18-15(9-13)17(27)10-23(34-18)7-8-24(12-23)19(28)11-25-21(29)14-3-2-4-16(26(31)32)20(14)22(25)30/h2-6,9H,7-8,10-12H2,1H3. The quantitative estimate of drug-likeness (QED) is 0.379. The van der Waals surface area contributed by atoms with E-state index in [4.69, 9.17) is 9.47 Å². The van der Waals surface area contributed by atoms with Gasteiger partial charge in [0.15, 0.2) is 5.78 Å². The number of benzene rings is 2. The summed E-state index contributed by atoms with van der Waals surface area (Å²) in [5.74, 6) is -1.30. The number of Topliss-reactive ketones (excluding diaryl/α,β-unsaturated/α-hetero) is 1. The van der Waals surface area contributed by atoms with Crippen molar-refractivity contribution in [2.24, 2.45) is 0 Å². The van der Waals surface area contributed by atoms with Gasteiger partial charge >= 0.3 is 0 Å². The molecule has 0 radical (unpaired) electrons. The van der Waals surface area contributed by atoms with Crippen molar-refractivity contribution in [2.45, 2.75) is 18.4 Å². The molecule has 11 heteroatoms. The summed E-state index contributed by atoms with van der Waals surface area (Å²) in [6.07, 6.45) is 0.486. The van der Waals surface area contributed by atoms with Crippen LogP contribution >= 0.6 is 0 Å². The van der Waals surface area contributed by atoms with E-state index < -0.39 is 40.5 Å². The third-order valence-electron chi connectivity index (χ3n) is 6.43. The smallest absolute Gasteiger partial charge is 0.282 e. The van der Waals surface area contributed by atoms with Gasteiger partial charge in [0, 0.05) is 19.0 Å². The van der Waals surface area contributed by atoms with Gasteiger partial charge in [-0.2, -0.15) is 0 Å². The molecule has 3 aliphatic heterocycles. The van der Waals surface area contributed by atoms with Crippen molar-refractivity contribution in [1.82, 2.24) is 9.80 Å². The lowest BCUT2D eigenvalue weighted by atomic mass is 9.89. The van der Waals surface area contributed by atoms with Crippen molar-refractivity contribution in [2.75, 3.05) is 26.7 Å². The van der Waals surface area contributed by atoms with Crippen molar-refractivity contribution in [1.29, 1.82) is 0 Å². The topological polar surface area (TPSA) is 136 Å². The summed E-state index contributed by atoms with van der Waals surface area (Å²) in [5, 5.41) is 11.3. The molecule has 1 saturated heterocycles. The molecular weight excluding hydrogens is 446 g/mol. The molecule has 34 heavy (non-hydrogen) atoms. The fraction of sp³-hybridized carbons (Fsp3) is 0.304. The fourth-order valence-electron chi connectivity index (χ4n) is 4.73. The van der Waals surface area contributed by atoms with Crippen LogP contribution in [-0.4, -0.2) is 70.6 Å². The number of likely N-dealkylation sites (tertiary alicyclic amines) is 1. The van der Waals surface area contributed by atoms with Crippen LogP contribution in [0.1, 0.15) is 43.9 Å². The first kappa shape index (κ1) is 21.6. The summed E-state index contributed by atoms with van der Waals surface area (Å²) in [6, 6.07) is 8.75. The van der Waals surface area contributed by atoms with Gasteiger partial charge in [0.1, 0.15) is 29.2 Å². The Morgan fingerprint density at radius 3 is 2.71 bits per heavy atom. The largest absolute Gasteiger partial charge is 0.497 e. The number of fused-ring (bicyclic) bond motifs is 2. The van der Waals surface area contributed by atoms with Gasteiger partial charge in [-0.3, -0.25) is 34.2 Å². The summed E-state index contributed by atoms with van der Waals surface area (Å²) in [7, 11) is 1.50. The van der Waals surface area contributed by atoms with Gasteiger partial charge in [0.2, 0.25) is 5.91 Å².